The zero-order valence-electron chi connectivity index (χ0n) is 27.2. The molecule has 7 aromatic carbocycles. The molecule has 0 N–H and O–H groups in total. The summed E-state index contributed by atoms with van der Waals surface area (Å²) in [4.78, 5) is 0. The monoisotopic (exact) mass is 704 g/mol. The van der Waals surface area contributed by atoms with Gasteiger partial charge in [-0.05, 0) is 41.5 Å². The molecule has 248 valence electrons. The highest BCUT2D eigenvalue weighted by atomic mass is 31.1. The predicted molar refractivity (Wildman–Crippen MR) is 204 cm³/mol. The van der Waals surface area contributed by atoms with Gasteiger partial charge in [0.05, 0.1) is 0 Å². The van der Waals surface area contributed by atoms with Gasteiger partial charge in [0.1, 0.15) is 28.1 Å². The molecule has 0 amide bonds. The van der Waals surface area contributed by atoms with Gasteiger partial charge in [-0.1, -0.05) is 152 Å². The number of fused-ring (bicyclic) bond motifs is 6. The maximum atomic E-state index is 7.36. The third kappa shape index (κ3) is 5.80. The van der Waals surface area contributed by atoms with Crippen molar-refractivity contribution in [3.05, 3.63) is 199 Å². The van der Waals surface area contributed by atoms with Crippen LogP contribution in [-0.2, 0) is 5.60 Å². The van der Waals surface area contributed by atoms with Crippen molar-refractivity contribution in [1.82, 2.24) is 0 Å². The SMILES string of the molecule is c1ccc(C(Op2oc3ccccc3c3ccccc3o2)(c2ccccc2)c2ccccc2Op2oc3ccccc3c3ccccc3o2)cc1. The van der Waals surface area contributed by atoms with Crippen LogP contribution in [0.3, 0.4) is 0 Å². The molecule has 9 rings (SSSR count). The number of rotatable bonds is 7. The summed E-state index contributed by atoms with van der Waals surface area (Å²) in [6, 6.07) is 59.7. The van der Waals surface area contributed by atoms with E-state index < -0.39 is 22.1 Å². The summed E-state index contributed by atoms with van der Waals surface area (Å²) in [5.41, 5.74) is 3.89. The molecule has 2 aromatic heterocycles. The molecule has 0 spiro atoms. The van der Waals surface area contributed by atoms with Crippen molar-refractivity contribution >= 4 is 60.4 Å². The number of benzene rings is 7. The lowest BCUT2D eigenvalue weighted by Crippen LogP contribution is -2.35. The zero-order chi connectivity index (χ0) is 34.0. The van der Waals surface area contributed by atoms with Crippen molar-refractivity contribution in [2.24, 2.45) is 0 Å². The maximum Gasteiger partial charge on any atom is 0.453 e. The molecular weight excluding hydrogens is 674 g/mol. The molecule has 0 bridgehead atoms. The standard InChI is InChI=1S/C43H30O6P2/c1-3-17-31(18-4-1)43(32-19-5-2-6-20-32,49-51-46-40-28-14-9-23-35(40)36-24-10-15-29-41(36)47-51)37-25-11-16-30-42(37)48-50-44-38-26-12-7-21-33(38)34-22-8-13-27-39(34)45-50/h1-30H. The fourth-order valence-electron chi connectivity index (χ4n) is 6.52. The minimum atomic E-state index is -2.05. The minimum Gasteiger partial charge on any atom is -0.399 e. The number of para-hydroxylation sites is 5. The lowest BCUT2D eigenvalue weighted by molar-refractivity contribution is 0.208. The summed E-state index contributed by atoms with van der Waals surface area (Å²) in [6.45, 7) is 0. The maximum absolute atomic E-state index is 7.36. The second-order valence-electron chi connectivity index (χ2n) is 11.9. The first-order valence-electron chi connectivity index (χ1n) is 16.5. The van der Waals surface area contributed by atoms with Crippen LogP contribution in [0.2, 0.25) is 0 Å². The summed E-state index contributed by atoms with van der Waals surface area (Å²) in [6.07, 6.45) is 0. The fraction of sp³-hybridized carbons (Fsp3) is 0.0233. The molecule has 0 unspecified atom stereocenters. The molecule has 9 aromatic rings. The van der Waals surface area contributed by atoms with Crippen LogP contribution < -0.4 is 9.05 Å². The van der Waals surface area contributed by atoms with Gasteiger partial charge in [0.2, 0.25) is 0 Å². The first kappa shape index (κ1) is 31.1. The average Bonchev–Trinajstić information content (AvgIpc) is 3.45. The van der Waals surface area contributed by atoms with Crippen LogP contribution in [0.5, 0.6) is 5.75 Å². The Morgan fingerprint density at radius 3 is 1.16 bits per heavy atom. The molecule has 0 aliphatic rings. The highest BCUT2D eigenvalue weighted by Crippen LogP contribution is 2.50. The van der Waals surface area contributed by atoms with Gasteiger partial charge in [-0.25, -0.2) is 0 Å². The summed E-state index contributed by atoms with van der Waals surface area (Å²) < 4.78 is 40.5. The Labute approximate surface area is 295 Å². The summed E-state index contributed by atoms with van der Waals surface area (Å²) in [7, 11) is -4.00. The summed E-state index contributed by atoms with van der Waals surface area (Å²) in [5, 5.41) is 3.74. The number of hydrogen-bond donors (Lipinski definition) is 0. The predicted octanol–water partition coefficient (Wildman–Crippen LogP) is 13.2. The topological polar surface area (TPSA) is 71.0 Å². The molecule has 0 aliphatic carbocycles. The Hall–Kier alpha value is -5.90. The molecule has 6 nitrogen and oxygen atoms in total. The van der Waals surface area contributed by atoms with E-state index in [1.54, 1.807) is 0 Å². The minimum absolute atomic E-state index is 0.527. The van der Waals surface area contributed by atoms with Crippen molar-refractivity contribution in [1.29, 1.82) is 0 Å². The first-order valence-corrected chi connectivity index (χ1v) is 18.7. The normalized spacial score (nSPS) is 11.6. The quantitative estimate of drug-likeness (QED) is 0.154. The molecule has 0 fully saturated rings. The van der Waals surface area contributed by atoms with Gasteiger partial charge in [-0.15, -0.1) is 0 Å². The van der Waals surface area contributed by atoms with E-state index in [1.165, 1.54) is 0 Å². The largest absolute Gasteiger partial charge is 0.453 e. The van der Waals surface area contributed by atoms with Gasteiger partial charge >= 0.3 is 16.5 Å². The molecule has 2 heterocycles. The highest BCUT2D eigenvalue weighted by molar-refractivity contribution is 7.32. The van der Waals surface area contributed by atoms with E-state index in [0.717, 1.165) is 38.2 Å². The van der Waals surface area contributed by atoms with E-state index in [4.69, 9.17) is 25.8 Å². The second kappa shape index (κ2) is 13.4. The van der Waals surface area contributed by atoms with E-state index in [2.05, 4.69) is 24.3 Å². The fourth-order valence-corrected chi connectivity index (χ4v) is 8.87. The molecule has 0 radical (unpaired) electrons. The van der Waals surface area contributed by atoms with E-state index >= 15 is 0 Å². The average molecular weight is 705 g/mol. The number of hydrogen-bond acceptors (Lipinski definition) is 6. The third-order valence-electron chi connectivity index (χ3n) is 8.83. The molecule has 0 atom stereocenters. The van der Waals surface area contributed by atoms with Crippen LogP contribution in [0.1, 0.15) is 16.7 Å². The Morgan fingerprint density at radius 2 is 0.706 bits per heavy atom. The molecule has 0 saturated heterocycles. The summed E-state index contributed by atoms with van der Waals surface area (Å²) in [5.74, 6) is 0.527. The van der Waals surface area contributed by atoms with Crippen molar-refractivity contribution < 1.29 is 25.8 Å². The van der Waals surface area contributed by atoms with Gasteiger partial charge in [-0.3, -0.25) is 4.52 Å². The van der Waals surface area contributed by atoms with E-state index in [0.29, 0.717) is 28.1 Å². The molecule has 0 aliphatic heterocycles. The van der Waals surface area contributed by atoms with Gasteiger partial charge in [0.15, 0.2) is 5.60 Å². The van der Waals surface area contributed by atoms with Crippen molar-refractivity contribution in [3.8, 4) is 5.75 Å². The van der Waals surface area contributed by atoms with Gasteiger partial charge in [-0.2, -0.15) is 0 Å². The Bertz CT molecular complexity index is 2570. The summed E-state index contributed by atoms with van der Waals surface area (Å²) >= 11 is 0. The molecule has 8 heteroatoms. The lowest BCUT2D eigenvalue weighted by Gasteiger charge is -2.34. The second-order valence-corrected chi connectivity index (χ2v) is 13.9. The molecule has 0 saturated carbocycles. The van der Waals surface area contributed by atoms with Crippen LogP contribution in [0.25, 0.3) is 43.9 Å². The van der Waals surface area contributed by atoms with Crippen LogP contribution in [-0.4, -0.2) is 0 Å². The van der Waals surface area contributed by atoms with E-state index in [1.807, 2.05) is 158 Å². The molecular formula is C43H30O6P2. The van der Waals surface area contributed by atoms with Crippen LogP contribution in [0.4, 0.5) is 0 Å². The lowest BCUT2D eigenvalue weighted by atomic mass is 9.80. The van der Waals surface area contributed by atoms with Crippen molar-refractivity contribution in [2.45, 2.75) is 5.60 Å². The Morgan fingerprint density at radius 1 is 0.353 bits per heavy atom. The van der Waals surface area contributed by atoms with Crippen LogP contribution >= 0.6 is 16.5 Å². The highest BCUT2D eigenvalue weighted by Gasteiger charge is 2.43. The Kier molecular flexibility index (Phi) is 8.19. The third-order valence-corrected chi connectivity index (χ3v) is 11.0. The zero-order valence-corrected chi connectivity index (χ0v) is 29.0. The van der Waals surface area contributed by atoms with Crippen LogP contribution in [0.15, 0.2) is 199 Å². The van der Waals surface area contributed by atoms with E-state index in [-0.39, 0.29) is 0 Å². The van der Waals surface area contributed by atoms with E-state index in [9.17, 15) is 0 Å². The van der Waals surface area contributed by atoms with Crippen LogP contribution in [0, 0.1) is 0 Å². The van der Waals surface area contributed by atoms with Crippen molar-refractivity contribution in [2.75, 3.05) is 0 Å². The molecule has 51 heavy (non-hydrogen) atoms. The van der Waals surface area contributed by atoms with Crippen molar-refractivity contribution in [3.63, 3.8) is 0 Å². The van der Waals surface area contributed by atoms with Gasteiger partial charge in [0, 0.05) is 27.1 Å². The first-order chi connectivity index (χ1) is 25.3. The van der Waals surface area contributed by atoms with Gasteiger partial charge in [0.25, 0.3) is 0 Å². The smallest absolute Gasteiger partial charge is 0.399 e. The Balaban J connectivity index is 1.31. The van der Waals surface area contributed by atoms with Gasteiger partial charge < -0.3 is 21.3 Å².